The van der Waals surface area contributed by atoms with Crippen LogP contribution in [0.2, 0.25) is 0 Å². The Bertz CT molecular complexity index is 274. The summed E-state index contributed by atoms with van der Waals surface area (Å²) in [7, 11) is 2.20. The van der Waals surface area contributed by atoms with E-state index >= 15 is 0 Å². The zero-order valence-corrected chi connectivity index (χ0v) is 11.3. The van der Waals surface area contributed by atoms with E-state index in [4.69, 9.17) is 0 Å². The van der Waals surface area contributed by atoms with Gasteiger partial charge in [0.2, 0.25) is 0 Å². The van der Waals surface area contributed by atoms with Crippen molar-refractivity contribution in [2.75, 3.05) is 11.9 Å². The summed E-state index contributed by atoms with van der Waals surface area (Å²) in [6.07, 6.45) is 10.6. The molecular formula is C12H20Cl2N2. The summed E-state index contributed by atoms with van der Waals surface area (Å²) >= 11 is 0. The summed E-state index contributed by atoms with van der Waals surface area (Å²) in [4.78, 5) is 6.45. The van der Waals surface area contributed by atoms with Gasteiger partial charge < -0.3 is 4.90 Å². The zero-order valence-electron chi connectivity index (χ0n) is 9.63. The fourth-order valence-corrected chi connectivity index (χ4v) is 2.26. The average molecular weight is 263 g/mol. The van der Waals surface area contributed by atoms with Crippen molar-refractivity contribution in [2.45, 2.75) is 38.1 Å². The summed E-state index contributed by atoms with van der Waals surface area (Å²) in [5.41, 5.74) is 1.30. The van der Waals surface area contributed by atoms with Gasteiger partial charge in [0.25, 0.3) is 0 Å². The van der Waals surface area contributed by atoms with Gasteiger partial charge >= 0.3 is 0 Å². The molecule has 0 amide bonds. The van der Waals surface area contributed by atoms with Crippen molar-refractivity contribution >= 4 is 30.5 Å². The van der Waals surface area contributed by atoms with Gasteiger partial charge in [0.1, 0.15) is 0 Å². The highest BCUT2D eigenvalue weighted by atomic mass is 35.5. The molecule has 1 aliphatic rings. The van der Waals surface area contributed by atoms with Crippen LogP contribution in [-0.4, -0.2) is 18.1 Å². The lowest BCUT2D eigenvalue weighted by molar-refractivity contribution is 0.427. The normalized spacial score (nSPS) is 15.8. The molecule has 16 heavy (non-hydrogen) atoms. The van der Waals surface area contributed by atoms with E-state index in [1.807, 2.05) is 12.4 Å². The Morgan fingerprint density at radius 1 is 1.06 bits per heavy atom. The molecule has 1 aromatic rings. The molecule has 0 unspecified atom stereocenters. The van der Waals surface area contributed by atoms with Crippen LogP contribution in [0.1, 0.15) is 32.1 Å². The first-order valence-corrected chi connectivity index (χ1v) is 5.51. The molecule has 1 aliphatic carbocycles. The van der Waals surface area contributed by atoms with Crippen LogP contribution in [-0.2, 0) is 0 Å². The molecule has 0 atom stereocenters. The number of rotatable bonds is 2. The van der Waals surface area contributed by atoms with E-state index in [2.05, 4.69) is 29.1 Å². The Hall–Kier alpha value is -0.470. The average Bonchev–Trinajstić information content (AvgIpc) is 2.30. The lowest BCUT2D eigenvalue weighted by atomic mass is 9.94. The van der Waals surface area contributed by atoms with Crippen molar-refractivity contribution < 1.29 is 0 Å². The molecule has 0 N–H and O–H groups in total. The van der Waals surface area contributed by atoms with Crippen molar-refractivity contribution in [1.29, 1.82) is 0 Å². The van der Waals surface area contributed by atoms with Crippen molar-refractivity contribution in [1.82, 2.24) is 4.98 Å². The van der Waals surface area contributed by atoms with Crippen LogP contribution in [0, 0.1) is 0 Å². The lowest BCUT2D eigenvalue weighted by Gasteiger charge is -2.32. The van der Waals surface area contributed by atoms with Gasteiger partial charge in [0.15, 0.2) is 0 Å². The predicted octanol–water partition coefficient (Wildman–Crippen LogP) is 3.69. The molecule has 0 aliphatic heterocycles. The summed E-state index contributed by atoms with van der Waals surface area (Å²) in [5, 5.41) is 0. The number of halogens is 2. The van der Waals surface area contributed by atoms with E-state index in [9.17, 15) is 0 Å². The van der Waals surface area contributed by atoms with Gasteiger partial charge in [0.05, 0.1) is 0 Å². The Balaban J connectivity index is 0.00000112. The van der Waals surface area contributed by atoms with Crippen LogP contribution in [0.25, 0.3) is 0 Å². The van der Waals surface area contributed by atoms with Crippen molar-refractivity contribution in [3.05, 3.63) is 24.5 Å². The van der Waals surface area contributed by atoms with Gasteiger partial charge in [-0.1, -0.05) is 19.3 Å². The fourth-order valence-electron chi connectivity index (χ4n) is 2.26. The molecule has 2 rings (SSSR count). The van der Waals surface area contributed by atoms with Gasteiger partial charge in [0, 0.05) is 31.2 Å². The van der Waals surface area contributed by atoms with E-state index in [1.165, 1.54) is 37.8 Å². The highest BCUT2D eigenvalue weighted by Crippen LogP contribution is 2.25. The minimum Gasteiger partial charge on any atom is -0.372 e. The third-order valence-electron chi connectivity index (χ3n) is 3.19. The third-order valence-corrected chi connectivity index (χ3v) is 3.19. The van der Waals surface area contributed by atoms with Crippen LogP contribution in [0.3, 0.4) is 0 Å². The highest BCUT2D eigenvalue weighted by molar-refractivity contribution is 5.85. The number of anilines is 1. The van der Waals surface area contributed by atoms with Crippen molar-refractivity contribution in [2.24, 2.45) is 0 Å². The second-order valence-corrected chi connectivity index (χ2v) is 4.11. The van der Waals surface area contributed by atoms with Gasteiger partial charge in [-0.05, 0) is 25.0 Å². The van der Waals surface area contributed by atoms with Crippen LogP contribution in [0.4, 0.5) is 5.69 Å². The monoisotopic (exact) mass is 262 g/mol. The minimum absolute atomic E-state index is 0. The van der Waals surface area contributed by atoms with Crippen LogP contribution < -0.4 is 4.90 Å². The molecule has 0 bridgehead atoms. The van der Waals surface area contributed by atoms with Crippen LogP contribution in [0.5, 0.6) is 0 Å². The van der Waals surface area contributed by atoms with Gasteiger partial charge in [-0.2, -0.15) is 0 Å². The molecule has 92 valence electrons. The van der Waals surface area contributed by atoms with E-state index in [0.717, 1.165) is 6.04 Å². The maximum Gasteiger partial charge on any atom is 0.0396 e. The van der Waals surface area contributed by atoms with Gasteiger partial charge in [-0.3, -0.25) is 4.98 Å². The Morgan fingerprint density at radius 2 is 1.62 bits per heavy atom. The van der Waals surface area contributed by atoms with Gasteiger partial charge in [-0.25, -0.2) is 0 Å². The molecule has 0 spiro atoms. The summed E-state index contributed by atoms with van der Waals surface area (Å²) in [6.45, 7) is 0. The molecule has 1 aromatic heterocycles. The first kappa shape index (κ1) is 15.5. The molecule has 1 fully saturated rings. The molecule has 1 heterocycles. The summed E-state index contributed by atoms with van der Waals surface area (Å²) in [5.74, 6) is 0. The Labute approximate surface area is 110 Å². The molecular weight excluding hydrogens is 243 g/mol. The first-order chi connectivity index (χ1) is 6.88. The van der Waals surface area contributed by atoms with Crippen molar-refractivity contribution in [3.63, 3.8) is 0 Å². The molecule has 0 radical (unpaired) electrons. The largest absolute Gasteiger partial charge is 0.372 e. The SMILES string of the molecule is CN(c1ccncc1)C1CCCCC1.Cl.Cl. The maximum atomic E-state index is 4.05. The highest BCUT2D eigenvalue weighted by Gasteiger charge is 2.17. The minimum atomic E-state index is 0. The molecule has 4 heteroatoms. The van der Waals surface area contributed by atoms with E-state index in [1.54, 1.807) is 0 Å². The zero-order chi connectivity index (χ0) is 9.80. The number of hydrogen-bond donors (Lipinski definition) is 0. The molecule has 0 aromatic carbocycles. The topological polar surface area (TPSA) is 16.1 Å². The molecule has 1 saturated carbocycles. The van der Waals surface area contributed by atoms with Crippen LogP contribution in [0.15, 0.2) is 24.5 Å². The molecule has 0 saturated heterocycles. The predicted molar refractivity (Wildman–Crippen MR) is 74.0 cm³/mol. The van der Waals surface area contributed by atoms with E-state index in [0.29, 0.717) is 0 Å². The van der Waals surface area contributed by atoms with Crippen LogP contribution >= 0.6 is 24.8 Å². The third kappa shape index (κ3) is 3.84. The van der Waals surface area contributed by atoms with E-state index < -0.39 is 0 Å². The number of aromatic nitrogens is 1. The quantitative estimate of drug-likeness (QED) is 0.808. The van der Waals surface area contributed by atoms with Gasteiger partial charge in [-0.15, -0.1) is 24.8 Å². The first-order valence-electron chi connectivity index (χ1n) is 5.51. The summed E-state index contributed by atoms with van der Waals surface area (Å²) < 4.78 is 0. The lowest BCUT2D eigenvalue weighted by Crippen LogP contribution is -2.33. The van der Waals surface area contributed by atoms with Crippen molar-refractivity contribution in [3.8, 4) is 0 Å². The maximum absolute atomic E-state index is 4.05. The summed E-state index contributed by atoms with van der Waals surface area (Å²) in [6, 6.07) is 4.93. The number of hydrogen-bond acceptors (Lipinski definition) is 2. The second kappa shape index (κ2) is 7.75. The molecule has 2 nitrogen and oxygen atoms in total. The Morgan fingerprint density at radius 3 is 2.19 bits per heavy atom. The fraction of sp³-hybridized carbons (Fsp3) is 0.583. The Kier molecular flexibility index (Phi) is 7.52. The van der Waals surface area contributed by atoms with E-state index in [-0.39, 0.29) is 24.8 Å². The second-order valence-electron chi connectivity index (χ2n) is 4.11. The smallest absolute Gasteiger partial charge is 0.0396 e. The number of pyridine rings is 1. The standard InChI is InChI=1S/C12H18N2.2ClH/c1-14(11-5-3-2-4-6-11)12-7-9-13-10-8-12;;/h7-11H,2-6H2,1H3;2*1H. The number of nitrogens with zero attached hydrogens (tertiary/aromatic N) is 2.